The smallest absolute Gasteiger partial charge is 0.213 e. The van der Waals surface area contributed by atoms with Crippen LogP contribution in [0.15, 0.2) is 133 Å². The van der Waals surface area contributed by atoms with Crippen LogP contribution in [-0.4, -0.2) is 153 Å². The Morgan fingerprint density at radius 1 is 0.633 bits per heavy atom. The molecule has 2 unspecified atom stereocenters. The molecule has 0 spiro atoms. The number of aromatic nitrogens is 9. The van der Waals surface area contributed by atoms with Gasteiger partial charge in [-0.15, -0.1) is 0 Å². The summed E-state index contributed by atoms with van der Waals surface area (Å²) in [5.41, 5.74) is 11.1. The van der Waals surface area contributed by atoms with Gasteiger partial charge in [-0.25, -0.2) is 32.4 Å². The van der Waals surface area contributed by atoms with Crippen LogP contribution in [0.2, 0.25) is 0 Å². The van der Waals surface area contributed by atoms with Crippen LogP contribution in [0.4, 0.5) is 17.3 Å². The maximum absolute atomic E-state index is 12.1. The number of fused-ring (bicyclic) bond motifs is 4. The van der Waals surface area contributed by atoms with Crippen LogP contribution in [-0.2, 0) is 34.2 Å². The van der Waals surface area contributed by atoms with Crippen LogP contribution < -0.4 is 19.4 Å². The average Bonchev–Trinajstić information content (AvgIpc) is 4.42. The van der Waals surface area contributed by atoms with Crippen molar-refractivity contribution in [2.24, 2.45) is 0 Å². The summed E-state index contributed by atoms with van der Waals surface area (Å²) < 4.78 is 41.3. The first-order chi connectivity index (χ1) is 38.6. The number of hydrogen-bond acceptors (Lipinski definition) is 17. The molecule has 5 fully saturated rings. The Labute approximate surface area is 456 Å². The molecular weight excluding hydrogens is 1020 g/mol. The average molecular weight is 1070 g/mol. The fourth-order valence-electron chi connectivity index (χ4n) is 11.5. The van der Waals surface area contributed by atoms with Crippen molar-refractivity contribution >= 4 is 38.2 Å². The Bertz CT molecular complexity index is 3900. The zero-order valence-corrected chi connectivity index (χ0v) is 44.4. The molecule has 0 N–H and O–H groups in total. The topological polar surface area (TPSA) is 207 Å². The highest BCUT2D eigenvalue weighted by molar-refractivity contribution is 7.90. The first-order valence-corrected chi connectivity index (χ1v) is 28.5. The van der Waals surface area contributed by atoms with Gasteiger partial charge in [0.1, 0.15) is 30.4 Å². The number of morpholine rings is 1. The molecule has 5 saturated heterocycles. The summed E-state index contributed by atoms with van der Waals surface area (Å²) in [5, 5.41) is 33.7. The molecule has 8 aromatic heterocycles. The van der Waals surface area contributed by atoms with E-state index in [1.807, 2.05) is 76.8 Å². The van der Waals surface area contributed by atoms with E-state index in [2.05, 4.69) is 87.2 Å². The van der Waals surface area contributed by atoms with Crippen LogP contribution in [0.25, 0.3) is 44.4 Å². The van der Waals surface area contributed by atoms with E-state index >= 15 is 0 Å². The first-order valence-electron chi connectivity index (χ1n) is 26.6. The molecule has 0 amide bonds. The molecule has 1 aromatic carbocycles. The minimum Gasteiger partial charge on any atom is -0.476 e. The normalized spacial score (nSPS) is 17.9. The van der Waals surface area contributed by atoms with Gasteiger partial charge in [-0.05, 0) is 66.1 Å². The standard InChI is InChI=1S/C58H56N16O4S/c1-79(75,76)51-4-2-3-40(21-51)33-67-11-13-69(14-12-67)54-8-6-42(28-61-54)52-22-44(36-73-57(52)45(25-59)30-65-73)47-32-64-71(35-47)17-20-78-56-10-5-41(27-63-56)34-72-49-23-50(72)38-70(37-49)55-9-7-43(29-62-55)53-24-48(68-15-18-77-19-16-68)39-74-58(53)46(26-60)31-66-74/h2-10,21-22,24,27-32,35-36,39,49-50H,11-20,23,33-34,37-38H2,1H3. The number of anilines is 3. The number of piperazine rings is 2. The Kier molecular flexibility index (Phi) is 13.2. The molecule has 21 heteroatoms. The zero-order chi connectivity index (χ0) is 53.6. The lowest BCUT2D eigenvalue weighted by Crippen LogP contribution is -2.68. The molecule has 79 heavy (non-hydrogen) atoms. The van der Waals surface area contributed by atoms with Gasteiger partial charge >= 0.3 is 0 Å². The van der Waals surface area contributed by atoms with Gasteiger partial charge in [0.15, 0.2) is 9.84 Å². The molecule has 14 rings (SSSR count). The van der Waals surface area contributed by atoms with Crippen LogP contribution in [0.1, 0.15) is 28.7 Å². The van der Waals surface area contributed by atoms with E-state index in [0.29, 0.717) is 72.4 Å². The second-order valence-corrected chi connectivity index (χ2v) is 22.8. The molecule has 398 valence electrons. The van der Waals surface area contributed by atoms with Crippen molar-refractivity contribution in [3.8, 4) is 51.4 Å². The van der Waals surface area contributed by atoms with Crippen molar-refractivity contribution in [3.05, 3.63) is 151 Å². The van der Waals surface area contributed by atoms with Gasteiger partial charge in [0.2, 0.25) is 5.88 Å². The first kappa shape index (κ1) is 49.8. The summed E-state index contributed by atoms with van der Waals surface area (Å²) in [4.78, 5) is 26.7. The zero-order valence-electron chi connectivity index (χ0n) is 43.6. The number of benzene rings is 1. The van der Waals surface area contributed by atoms with Crippen molar-refractivity contribution < 1.29 is 17.9 Å². The number of hydrogen-bond donors (Lipinski definition) is 0. The molecule has 2 atom stereocenters. The highest BCUT2D eigenvalue weighted by atomic mass is 32.2. The van der Waals surface area contributed by atoms with E-state index in [1.165, 1.54) is 6.26 Å². The van der Waals surface area contributed by atoms with E-state index in [0.717, 1.165) is 133 Å². The van der Waals surface area contributed by atoms with Crippen LogP contribution in [0.5, 0.6) is 5.88 Å². The van der Waals surface area contributed by atoms with E-state index in [4.69, 9.17) is 19.4 Å². The largest absolute Gasteiger partial charge is 0.476 e. The van der Waals surface area contributed by atoms with Gasteiger partial charge in [-0.3, -0.25) is 14.5 Å². The Morgan fingerprint density at radius 3 is 1.99 bits per heavy atom. The van der Waals surface area contributed by atoms with Gasteiger partial charge in [-0.2, -0.15) is 25.8 Å². The summed E-state index contributed by atoms with van der Waals surface area (Å²) in [7, 11) is -3.27. The highest BCUT2D eigenvalue weighted by Gasteiger charge is 2.44. The highest BCUT2D eigenvalue weighted by Crippen LogP contribution is 2.38. The Morgan fingerprint density at radius 2 is 1.33 bits per heavy atom. The fourth-order valence-corrected chi connectivity index (χ4v) is 12.2. The quantitative estimate of drug-likeness (QED) is 0.112. The Hall–Kier alpha value is -8.73. The number of pyridine rings is 5. The second kappa shape index (κ2) is 20.9. The predicted molar refractivity (Wildman–Crippen MR) is 297 cm³/mol. The van der Waals surface area contributed by atoms with Crippen molar-refractivity contribution in [1.82, 2.24) is 53.8 Å². The third kappa shape index (κ3) is 10.1. The lowest BCUT2D eigenvalue weighted by atomic mass is 9.87. The van der Waals surface area contributed by atoms with E-state index in [1.54, 1.807) is 35.1 Å². The van der Waals surface area contributed by atoms with Gasteiger partial charge in [-0.1, -0.05) is 18.2 Å². The molecule has 0 saturated carbocycles. The summed E-state index contributed by atoms with van der Waals surface area (Å²) in [6.45, 7) is 10.4. The van der Waals surface area contributed by atoms with Crippen molar-refractivity contribution in [3.63, 3.8) is 0 Å². The van der Waals surface area contributed by atoms with E-state index < -0.39 is 9.84 Å². The maximum atomic E-state index is 12.1. The van der Waals surface area contributed by atoms with Crippen LogP contribution >= 0.6 is 0 Å². The molecule has 5 aliphatic rings. The lowest BCUT2D eigenvalue weighted by Gasteiger charge is -2.56. The molecular formula is C58H56N16O4S. The molecule has 5 aliphatic heterocycles. The number of piperidine rings is 1. The fraction of sp³-hybridized carbons (Fsp3) is 0.310. The van der Waals surface area contributed by atoms with E-state index in [9.17, 15) is 18.9 Å². The number of ether oxygens (including phenoxy) is 2. The van der Waals surface area contributed by atoms with Crippen molar-refractivity contribution in [2.75, 3.05) is 93.1 Å². The lowest BCUT2D eigenvalue weighted by molar-refractivity contribution is -0.00877. The van der Waals surface area contributed by atoms with E-state index in [-0.39, 0.29) is 0 Å². The number of nitriles is 2. The third-order valence-corrected chi connectivity index (χ3v) is 16.9. The summed E-state index contributed by atoms with van der Waals surface area (Å²) >= 11 is 0. The predicted octanol–water partition coefficient (Wildman–Crippen LogP) is 6.21. The Balaban J connectivity index is 0.604. The van der Waals surface area contributed by atoms with Crippen molar-refractivity contribution in [2.45, 2.75) is 43.0 Å². The van der Waals surface area contributed by atoms with Gasteiger partial charge < -0.3 is 24.2 Å². The van der Waals surface area contributed by atoms with Gasteiger partial charge in [0.25, 0.3) is 0 Å². The van der Waals surface area contributed by atoms with Gasteiger partial charge in [0.05, 0.1) is 77.3 Å². The van der Waals surface area contributed by atoms with Crippen LogP contribution in [0.3, 0.4) is 0 Å². The maximum Gasteiger partial charge on any atom is 0.213 e. The molecule has 9 aromatic rings. The summed E-state index contributed by atoms with van der Waals surface area (Å²) in [6, 6.07) is 29.2. The third-order valence-electron chi connectivity index (χ3n) is 15.7. The number of sulfone groups is 1. The molecule has 20 nitrogen and oxygen atoms in total. The minimum absolute atomic E-state index is 0.341. The second-order valence-electron chi connectivity index (χ2n) is 20.7. The summed E-state index contributed by atoms with van der Waals surface area (Å²) in [5.74, 6) is 2.39. The molecule has 0 radical (unpaired) electrons. The van der Waals surface area contributed by atoms with Crippen molar-refractivity contribution in [1.29, 1.82) is 10.5 Å². The van der Waals surface area contributed by atoms with Gasteiger partial charge in [0, 0.05) is 154 Å². The molecule has 2 bridgehead atoms. The number of rotatable bonds is 15. The molecule has 13 heterocycles. The SMILES string of the molecule is CS(=O)(=O)c1cccc(CN2CCN(c3ccc(-c4cc(-c5cnn(CCOc6ccc(CN7C8CC7CN(c7ccc(-c9cc(N%10CCOCC%10)cn%10ncc(C#N)c9%10)cn7)C8)cn6)c5)cn5ncc(C#N)c45)cn3)CC2)c1. The monoisotopic (exact) mass is 1070 g/mol. The number of nitrogens with zero attached hydrogens (tertiary/aromatic N) is 16. The van der Waals surface area contributed by atoms with Crippen LogP contribution in [0, 0.1) is 22.7 Å². The summed E-state index contributed by atoms with van der Waals surface area (Å²) in [6.07, 6.45) is 19.0. The molecule has 0 aliphatic carbocycles. The minimum atomic E-state index is -3.27.